The number of aliphatic carboxylic acids is 1. The molecule has 0 aliphatic rings. The maximum atomic E-state index is 11.4. The number of nitrogens with two attached hydrogens (primary N) is 1. The minimum absolute atomic E-state index is 0.0560. The lowest BCUT2D eigenvalue weighted by Gasteiger charge is -2.04. The van der Waals surface area contributed by atoms with E-state index in [1.807, 2.05) is 0 Å². The summed E-state index contributed by atoms with van der Waals surface area (Å²) in [6.07, 6.45) is 2.15. The van der Waals surface area contributed by atoms with Crippen molar-refractivity contribution in [3.05, 3.63) is 24.0 Å². The molecule has 0 saturated carbocycles. The lowest BCUT2D eigenvalue weighted by atomic mass is 10.2. The summed E-state index contributed by atoms with van der Waals surface area (Å²) in [5.41, 5.74) is 6.65. The third kappa shape index (κ3) is 5.50. The summed E-state index contributed by atoms with van der Waals surface area (Å²) in [5, 5.41) is 11.0. The van der Waals surface area contributed by atoms with Crippen molar-refractivity contribution >= 4 is 17.6 Å². The normalized spacial score (nSPS) is 9.88. The number of carboxylic acids is 1. The van der Waals surface area contributed by atoms with Gasteiger partial charge in [-0.2, -0.15) is 0 Å². The molecule has 0 saturated heterocycles. The van der Waals surface area contributed by atoms with Gasteiger partial charge in [-0.15, -0.1) is 0 Å². The zero-order chi connectivity index (χ0) is 12.7. The molecule has 0 aliphatic carbocycles. The Hall–Kier alpha value is -2.11. The van der Waals surface area contributed by atoms with Gasteiger partial charge in [-0.3, -0.25) is 14.6 Å². The van der Waals surface area contributed by atoms with E-state index in [-0.39, 0.29) is 18.7 Å². The van der Waals surface area contributed by atoms with E-state index in [9.17, 15) is 9.59 Å². The van der Waals surface area contributed by atoms with Crippen LogP contribution in [0.3, 0.4) is 0 Å². The second-order valence-electron chi connectivity index (χ2n) is 3.61. The van der Waals surface area contributed by atoms with Crippen LogP contribution < -0.4 is 11.1 Å². The largest absolute Gasteiger partial charge is 0.481 e. The first kappa shape index (κ1) is 13.0. The molecule has 0 radical (unpaired) electrons. The van der Waals surface area contributed by atoms with Crippen LogP contribution in [0.2, 0.25) is 0 Å². The molecule has 17 heavy (non-hydrogen) atoms. The number of amides is 1. The highest BCUT2D eigenvalue weighted by molar-refractivity contribution is 5.78. The lowest BCUT2D eigenvalue weighted by molar-refractivity contribution is -0.137. The number of nitrogen functional groups attached to an aromatic ring is 1. The number of carboxylic acid groups (broad SMARTS) is 1. The van der Waals surface area contributed by atoms with Gasteiger partial charge < -0.3 is 16.2 Å². The zero-order valence-corrected chi connectivity index (χ0v) is 9.35. The molecular formula is C11H15N3O3. The maximum absolute atomic E-state index is 11.4. The van der Waals surface area contributed by atoms with Gasteiger partial charge >= 0.3 is 5.97 Å². The van der Waals surface area contributed by atoms with Crippen LogP contribution in [0, 0.1) is 0 Å². The smallest absolute Gasteiger partial charge is 0.303 e. The number of hydrogen-bond donors (Lipinski definition) is 3. The van der Waals surface area contributed by atoms with E-state index in [0.717, 1.165) is 0 Å². The topological polar surface area (TPSA) is 105 Å². The van der Waals surface area contributed by atoms with Crippen molar-refractivity contribution in [3.8, 4) is 0 Å². The Balaban J connectivity index is 2.25. The molecule has 0 atom stereocenters. The highest BCUT2D eigenvalue weighted by Crippen LogP contribution is 2.01. The number of rotatable bonds is 6. The second-order valence-corrected chi connectivity index (χ2v) is 3.61. The van der Waals surface area contributed by atoms with Gasteiger partial charge in [0.25, 0.3) is 0 Å². The molecule has 0 unspecified atom stereocenters. The molecule has 1 aromatic rings. The van der Waals surface area contributed by atoms with Crippen LogP contribution in [0.5, 0.6) is 0 Å². The van der Waals surface area contributed by atoms with Gasteiger partial charge in [-0.1, -0.05) is 0 Å². The van der Waals surface area contributed by atoms with E-state index in [4.69, 9.17) is 10.8 Å². The van der Waals surface area contributed by atoms with Gasteiger partial charge in [-0.05, 0) is 18.6 Å². The Morgan fingerprint density at radius 2 is 2.18 bits per heavy atom. The van der Waals surface area contributed by atoms with Gasteiger partial charge in [0.15, 0.2) is 0 Å². The third-order valence-corrected chi connectivity index (χ3v) is 2.08. The molecule has 92 valence electrons. The molecule has 1 amide bonds. The van der Waals surface area contributed by atoms with Gasteiger partial charge in [0.2, 0.25) is 5.91 Å². The fourth-order valence-electron chi connectivity index (χ4n) is 1.23. The molecular weight excluding hydrogens is 222 g/mol. The Morgan fingerprint density at radius 3 is 2.76 bits per heavy atom. The molecule has 1 aromatic heterocycles. The van der Waals surface area contributed by atoms with Crippen molar-refractivity contribution in [1.29, 1.82) is 0 Å². The van der Waals surface area contributed by atoms with Crippen LogP contribution in [0.1, 0.15) is 18.5 Å². The Bertz CT molecular complexity index is 389. The van der Waals surface area contributed by atoms with Crippen molar-refractivity contribution in [2.24, 2.45) is 0 Å². The van der Waals surface area contributed by atoms with Crippen LogP contribution in [-0.4, -0.2) is 28.5 Å². The monoisotopic (exact) mass is 237 g/mol. The number of carbonyl (C=O) groups excluding carboxylic acids is 1. The maximum Gasteiger partial charge on any atom is 0.303 e. The first-order valence-electron chi connectivity index (χ1n) is 5.27. The standard InChI is InChI=1S/C11H15N3O3/c12-8-3-4-9(14-7-8)6-10(15)13-5-1-2-11(16)17/h3-4,7H,1-2,5-6,12H2,(H,13,15)(H,16,17). The summed E-state index contributed by atoms with van der Waals surface area (Å²) in [6, 6.07) is 3.37. The van der Waals surface area contributed by atoms with Crippen LogP contribution in [-0.2, 0) is 16.0 Å². The summed E-state index contributed by atoms with van der Waals surface area (Å²) >= 11 is 0. The van der Waals surface area contributed by atoms with E-state index >= 15 is 0 Å². The first-order chi connectivity index (χ1) is 8.08. The highest BCUT2D eigenvalue weighted by Gasteiger charge is 2.04. The van der Waals surface area contributed by atoms with Crippen molar-refractivity contribution < 1.29 is 14.7 Å². The molecule has 6 heteroatoms. The molecule has 1 heterocycles. The number of nitrogens with one attached hydrogen (secondary N) is 1. The molecule has 6 nitrogen and oxygen atoms in total. The summed E-state index contributed by atoms with van der Waals surface area (Å²) in [6.45, 7) is 0.361. The number of hydrogen-bond acceptors (Lipinski definition) is 4. The average molecular weight is 237 g/mol. The van der Waals surface area contributed by atoms with Gasteiger partial charge in [0, 0.05) is 18.7 Å². The predicted molar refractivity (Wildman–Crippen MR) is 62.2 cm³/mol. The summed E-state index contributed by atoms with van der Waals surface area (Å²) in [7, 11) is 0. The van der Waals surface area contributed by atoms with Crippen LogP contribution in [0.25, 0.3) is 0 Å². The highest BCUT2D eigenvalue weighted by atomic mass is 16.4. The van der Waals surface area contributed by atoms with Gasteiger partial charge in [0.05, 0.1) is 18.3 Å². The number of nitrogens with zero attached hydrogens (tertiary/aromatic N) is 1. The van der Waals surface area contributed by atoms with Crippen molar-refractivity contribution in [1.82, 2.24) is 10.3 Å². The second kappa shape index (κ2) is 6.47. The van der Waals surface area contributed by atoms with E-state index in [1.54, 1.807) is 12.1 Å². The minimum Gasteiger partial charge on any atom is -0.481 e. The quantitative estimate of drug-likeness (QED) is 0.612. The SMILES string of the molecule is Nc1ccc(CC(=O)NCCCC(=O)O)nc1. The Labute approximate surface area is 98.8 Å². The predicted octanol–water partition coefficient (Wildman–Crippen LogP) is 0.187. The zero-order valence-electron chi connectivity index (χ0n) is 9.35. The fraction of sp³-hybridized carbons (Fsp3) is 0.364. The molecule has 0 aliphatic heterocycles. The molecule has 0 fully saturated rings. The van der Waals surface area contributed by atoms with Crippen molar-refractivity contribution in [3.63, 3.8) is 0 Å². The van der Waals surface area contributed by atoms with Crippen LogP contribution in [0.15, 0.2) is 18.3 Å². The molecule has 0 bridgehead atoms. The molecule has 1 rings (SSSR count). The summed E-state index contributed by atoms with van der Waals surface area (Å²) in [5.74, 6) is -1.04. The number of aromatic nitrogens is 1. The van der Waals surface area contributed by atoms with Gasteiger partial charge in [0.1, 0.15) is 0 Å². The first-order valence-corrected chi connectivity index (χ1v) is 5.27. The van der Waals surface area contributed by atoms with Crippen molar-refractivity contribution in [2.45, 2.75) is 19.3 Å². The molecule has 0 spiro atoms. The molecule has 0 aromatic carbocycles. The number of carbonyl (C=O) groups is 2. The van der Waals surface area contributed by atoms with E-state index in [0.29, 0.717) is 24.3 Å². The fourth-order valence-corrected chi connectivity index (χ4v) is 1.23. The molecule has 4 N–H and O–H groups in total. The summed E-state index contributed by atoms with van der Waals surface area (Å²) < 4.78 is 0. The Kier molecular flexibility index (Phi) is 4.93. The lowest BCUT2D eigenvalue weighted by Crippen LogP contribution is -2.26. The van der Waals surface area contributed by atoms with Crippen molar-refractivity contribution in [2.75, 3.05) is 12.3 Å². The average Bonchev–Trinajstić information content (AvgIpc) is 2.27. The minimum atomic E-state index is -0.862. The number of anilines is 1. The van der Waals surface area contributed by atoms with Gasteiger partial charge in [-0.25, -0.2) is 0 Å². The van der Waals surface area contributed by atoms with Crippen LogP contribution >= 0.6 is 0 Å². The van der Waals surface area contributed by atoms with E-state index < -0.39 is 5.97 Å². The van der Waals surface area contributed by atoms with E-state index in [2.05, 4.69) is 10.3 Å². The number of pyridine rings is 1. The Morgan fingerprint density at radius 1 is 1.41 bits per heavy atom. The summed E-state index contributed by atoms with van der Waals surface area (Å²) in [4.78, 5) is 25.6. The van der Waals surface area contributed by atoms with Crippen LogP contribution in [0.4, 0.5) is 5.69 Å². The van der Waals surface area contributed by atoms with E-state index in [1.165, 1.54) is 6.20 Å². The third-order valence-electron chi connectivity index (χ3n) is 2.08.